The average molecular weight is 312 g/mol. The van der Waals surface area contributed by atoms with Gasteiger partial charge in [-0.1, -0.05) is 6.42 Å². The molecule has 0 aromatic carbocycles. The van der Waals surface area contributed by atoms with Crippen molar-refractivity contribution in [3.8, 4) is 0 Å². The summed E-state index contributed by atoms with van der Waals surface area (Å²) in [7, 11) is 0. The quantitative estimate of drug-likeness (QED) is 0.837. The smallest absolute Gasteiger partial charge is 0.410 e. The summed E-state index contributed by atoms with van der Waals surface area (Å²) < 4.78 is 5.57. The summed E-state index contributed by atoms with van der Waals surface area (Å²) in [5.74, 6) is 0.480. The molecule has 1 amide bonds. The van der Waals surface area contributed by atoms with Crippen molar-refractivity contribution in [2.45, 2.75) is 83.6 Å². The zero-order chi connectivity index (χ0) is 16.3. The summed E-state index contributed by atoms with van der Waals surface area (Å²) in [5.41, 5.74) is -0.441. The molecule has 0 aromatic rings. The molecule has 1 aliphatic heterocycles. The molecule has 2 N–H and O–H groups in total. The first-order chi connectivity index (χ1) is 10.3. The molecule has 0 radical (unpaired) electrons. The highest BCUT2D eigenvalue weighted by Gasteiger charge is 2.41. The number of hydrogen-bond donors (Lipinski definition) is 2. The number of hydrogen-bond acceptors (Lipinski definition) is 4. The van der Waals surface area contributed by atoms with Crippen molar-refractivity contribution >= 4 is 6.09 Å². The number of amides is 1. The number of nitrogens with one attached hydrogen (secondary N) is 1. The normalized spacial score (nSPS) is 30.6. The predicted molar refractivity (Wildman–Crippen MR) is 86.8 cm³/mol. The lowest BCUT2D eigenvalue weighted by Crippen LogP contribution is -2.48. The minimum absolute atomic E-state index is 0.170. The Balaban J connectivity index is 1.98. The number of nitrogens with zero attached hydrogens (tertiary/aromatic N) is 1. The summed E-state index contributed by atoms with van der Waals surface area (Å²) in [6.07, 6.45) is 5.11. The van der Waals surface area contributed by atoms with Crippen molar-refractivity contribution in [1.29, 1.82) is 0 Å². The second-order valence-corrected chi connectivity index (χ2v) is 7.84. The molecular weight excluding hydrogens is 280 g/mol. The number of aliphatic hydroxyl groups is 1. The Labute approximate surface area is 134 Å². The summed E-state index contributed by atoms with van der Waals surface area (Å²) in [5, 5.41) is 13.0. The van der Waals surface area contributed by atoms with Gasteiger partial charge in [-0.05, 0) is 59.3 Å². The van der Waals surface area contributed by atoms with Gasteiger partial charge in [0.15, 0.2) is 0 Å². The molecule has 0 bridgehead atoms. The van der Waals surface area contributed by atoms with Gasteiger partial charge in [-0.3, -0.25) is 0 Å². The predicted octanol–water partition coefficient (Wildman–Crippen LogP) is 2.53. The van der Waals surface area contributed by atoms with Gasteiger partial charge in [-0.15, -0.1) is 0 Å². The fourth-order valence-corrected chi connectivity index (χ4v) is 3.81. The summed E-state index contributed by atoms with van der Waals surface area (Å²) >= 11 is 0. The van der Waals surface area contributed by atoms with Crippen molar-refractivity contribution in [3.05, 3.63) is 0 Å². The lowest BCUT2D eigenvalue weighted by Gasteiger charge is -2.34. The van der Waals surface area contributed by atoms with Crippen LogP contribution >= 0.6 is 0 Å². The SMILES string of the molecule is C[C@@H](O)CN[C@@H]1CCC[C@H]1[C@@H]1CCCN1C(=O)OC(C)(C)C. The lowest BCUT2D eigenvalue weighted by molar-refractivity contribution is 0.0164. The Morgan fingerprint density at radius 2 is 2.05 bits per heavy atom. The van der Waals surface area contributed by atoms with E-state index in [4.69, 9.17) is 4.74 Å². The van der Waals surface area contributed by atoms with Crippen LogP contribution in [-0.2, 0) is 4.74 Å². The molecule has 0 unspecified atom stereocenters. The van der Waals surface area contributed by atoms with Gasteiger partial charge >= 0.3 is 6.09 Å². The molecule has 1 saturated heterocycles. The van der Waals surface area contributed by atoms with Crippen LogP contribution in [0.15, 0.2) is 0 Å². The van der Waals surface area contributed by atoms with Crippen LogP contribution in [0.25, 0.3) is 0 Å². The Kier molecular flexibility index (Phi) is 5.72. The first-order valence-corrected chi connectivity index (χ1v) is 8.69. The van der Waals surface area contributed by atoms with E-state index in [0.717, 1.165) is 32.2 Å². The van der Waals surface area contributed by atoms with Crippen LogP contribution in [0.3, 0.4) is 0 Å². The second kappa shape index (κ2) is 7.18. The fraction of sp³-hybridized carbons (Fsp3) is 0.941. The van der Waals surface area contributed by atoms with E-state index in [1.807, 2.05) is 25.7 Å². The molecule has 0 spiro atoms. The number of carbonyl (C=O) groups is 1. The molecule has 2 aliphatic rings. The summed E-state index contributed by atoms with van der Waals surface area (Å²) in [6, 6.07) is 0.687. The van der Waals surface area contributed by atoms with E-state index >= 15 is 0 Å². The van der Waals surface area contributed by atoms with E-state index in [2.05, 4.69) is 5.32 Å². The minimum Gasteiger partial charge on any atom is -0.444 e. The molecule has 1 aliphatic carbocycles. The van der Waals surface area contributed by atoms with E-state index in [1.54, 1.807) is 6.92 Å². The maximum Gasteiger partial charge on any atom is 0.410 e. The minimum atomic E-state index is -0.441. The van der Waals surface area contributed by atoms with E-state index in [-0.39, 0.29) is 18.2 Å². The number of likely N-dealkylation sites (tertiary alicyclic amines) is 1. The summed E-state index contributed by atoms with van der Waals surface area (Å²) in [4.78, 5) is 14.4. The molecule has 4 atom stereocenters. The first-order valence-electron chi connectivity index (χ1n) is 8.69. The van der Waals surface area contributed by atoms with E-state index in [1.165, 1.54) is 6.42 Å². The Bertz CT molecular complexity index is 379. The van der Waals surface area contributed by atoms with Crippen LogP contribution in [-0.4, -0.2) is 53.0 Å². The standard InChI is InChI=1S/C17H32N2O3/c1-12(20)11-18-14-8-5-7-13(14)15-9-6-10-19(15)16(21)22-17(2,3)4/h12-15,18,20H,5-11H2,1-4H3/t12-,13-,14-,15+/m1/s1. The fourth-order valence-electron chi connectivity index (χ4n) is 3.81. The van der Waals surface area contributed by atoms with Crippen molar-refractivity contribution in [2.75, 3.05) is 13.1 Å². The maximum atomic E-state index is 12.4. The van der Waals surface area contributed by atoms with E-state index in [0.29, 0.717) is 18.5 Å². The van der Waals surface area contributed by atoms with Crippen LogP contribution in [0.2, 0.25) is 0 Å². The Hall–Kier alpha value is -0.810. The lowest BCUT2D eigenvalue weighted by atomic mass is 9.92. The van der Waals surface area contributed by atoms with Gasteiger partial charge < -0.3 is 20.1 Å². The summed E-state index contributed by atoms with van der Waals surface area (Å²) in [6.45, 7) is 8.98. The second-order valence-electron chi connectivity index (χ2n) is 7.84. The van der Waals surface area contributed by atoms with Gasteiger partial charge in [-0.2, -0.15) is 0 Å². The molecule has 0 aromatic heterocycles. The zero-order valence-electron chi connectivity index (χ0n) is 14.5. The van der Waals surface area contributed by atoms with Crippen molar-refractivity contribution < 1.29 is 14.6 Å². The molecule has 2 fully saturated rings. The first kappa shape index (κ1) is 17.5. The highest BCUT2D eigenvalue weighted by Crippen LogP contribution is 2.36. The monoisotopic (exact) mass is 312 g/mol. The van der Waals surface area contributed by atoms with Crippen LogP contribution in [0.4, 0.5) is 4.79 Å². The zero-order valence-corrected chi connectivity index (χ0v) is 14.5. The van der Waals surface area contributed by atoms with Crippen LogP contribution < -0.4 is 5.32 Å². The molecule has 22 heavy (non-hydrogen) atoms. The molecule has 2 rings (SSSR count). The van der Waals surface area contributed by atoms with E-state index < -0.39 is 5.60 Å². The highest BCUT2D eigenvalue weighted by atomic mass is 16.6. The molecule has 5 heteroatoms. The maximum absolute atomic E-state index is 12.4. The largest absolute Gasteiger partial charge is 0.444 e. The number of rotatable bonds is 4. The van der Waals surface area contributed by atoms with Gasteiger partial charge in [0.25, 0.3) is 0 Å². The molecule has 128 valence electrons. The van der Waals surface area contributed by atoms with Crippen molar-refractivity contribution in [3.63, 3.8) is 0 Å². The molecule has 1 heterocycles. The third-order valence-corrected chi connectivity index (χ3v) is 4.67. The Morgan fingerprint density at radius 1 is 1.32 bits per heavy atom. The van der Waals surface area contributed by atoms with Crippen LogP contribution in [0, 0.1) is 5.92 Å². The molecular formula is C17H32N2O3. The van der Waals surface area contributed by atoms with Crippen molar-refractivity contribution in [1.82, 2.24) is 10.2 Å². The van der Waals surface area contributed by atoms with Crippen molar-refractivity contribution in [2.24, 2.45) is 5.92 Å². The van der Waals surface area contributed by atoms with Crippen LogP contribution in [0.1, 0.15) is 59.8 Å². The Morgan fingerprint density at radius 3 is 2.68 bits per heavy atom. The van der Waals surface area contributed by atoms with Gasteiger partial charge in [0.2, 0.25) is 0 Å². The third kappa shape index (κ3) is 4.59. The van der Waals surface area contributed by atoms with Gasteiger partial charge in [0, 0.05) is 25.2 Å². The topological polar surface area (TPSA) is 61.8 Å². The number of ether oxygens (including phenoxy) is 1. The molecule has 5 nitrogen and oxygen atoms in total. The average Bonchev–Trinajstić information content (AvgIpc) is 3.02. The van der Waals surface area contributed by atoms with Gasteiger partial charge in [0.1, 0.15) is 5.60 Å². The third-order valence-electron chi connectivity index (χ3n) is 4.67. The van der Waals surface area contributed by atoms with Gasteiger partial charge in [-0.25, -0.2) is 4.79 Å². The number of carbonyl (C=O) groups excluding carboxylic acids is 1. The van der Waals surface area contributed by atoms with E-state index in [9.17, 15) is 9.90 Å². The number of aliphatic hydroxyl groups excluding tert-OH is 1. The van der Waals surface area contributed by atoms with Gasteiger partial charge in [0.05, 0.1) is 6.10 Å². The van der Waals surface area contributed by atoms with Crippen LogP contribution in [0.5, 0.6) is 0 Å². The molecule has 1 saturated carbocycles. The highest BCUT2D eigenvalue weighted by molar-refractivity contribution is 5.69.